The Hall–Kier alpha value is -1.21. The molecule has 0 bridgehead atoms. The van der Waals surface area contributed by atoms with Crippen LogP contribution in [0, 0.1) is 0 Å². The molecular weight excluding hydrogens is 324 g/mol. The Bertz CT molecular complexity index is 550. The molecule has 121 valence electrons. The number of rotatable bonds is 5. The van der Waals surface area contributed by atoms with Crippen LogP contribution in [-0.2, 0) is 19.1 Å². The number of Topliss-reactive ketones (excluding diaryl/α,β-unsaturated/α-hetero) is 1. The molecule has 22 heavy (non-hydrogen) atoms. The first kappa shape index (κ1) is 17.1. The molecule has 1 aliphatic heterocycles. The fraction of sp³-hybridized carbons (Fsp3) is 0.533. The molecule has 2 rings (SSSR count). The number of esters is 1. The fourth-order valence-electron chi connectivity index (χ4n) is 2.32. The molecule has 0 aromatic carbocycles. The van der Waals surface area contributed by atoms with Crippen molar-refractivity contribution in [1.82, 2.24) is 0 Å². The normalized spacial score (nSPS) is 18.1. The average molecular weight is 343 g/mol. The predicted molar refractivity (Wildman–Crippen MR) is 87.7 cm³/mol. The van der Waals surface area contributed by atoms with E-state index < -0.39 is 10.9 Å². The van der Waals surface area contributed by atoms with Gasteiger partial charge in [0.05, 0.1) is 19.0 Å². The van der Waals surface area contributed by atoms with E-state index in [1.165, 1.54) is 11.8 Å². The summed E-state index contributed by atoms with van der Waals surface area (Å²) in [6.45, 7) is 4.16. The molecule has 0 aromatic rings. The van der Waals surface area contributed by atoms with Crippen molar-refractivity contribution < 1.29 is 23.9 Å². The lowest BCUT2D eigenvalue weighted by Gasteiger charge is -2.18. The summed E-state index contributed by atoms with van der Waals surface area (Å²) in [4.78, 5) is 37.4. The molecule has 7 heteroatoms. The molecule has 0 unspecified atom stereocenters. The SMILES string of the molecule is CCOC(=O)CSC1=C[S](C(=O)OCC)C2=C1C(=O)CCC2. The van der Waals surface area contributed by atoms with Crippen molar-refractivity contribution in [1.29, 1.82) is 0 Å². The molecule has 1 aliphatic carbocycles. The van der Waals surface area contributed by atoms with E-state index in [0.29, 0.717) is 25.2 Å². The third-order valence-electron chi connectivity index (χ3n) is 3.19. The molecule has 0 saturated carbocycles. The number of hydrogen-bond acceptors (Lipinski definition) is 6. The lowest BCUT2D eigenvalue weighted by Crippen LogP contribution is -2.12. The summed E-state index contributed by atoms with van der Waals surface area (Å²) in [6.07, 6.45) is 2.00. The second kappa shape index (κ2) is 7.87. The van der Waals surface area contributed by atoms with Gasteiger partial charge in [0.25, 0.3) is 0 Å². The van der Waals surface area contributed by atoms with E-state index in [1.807, 2.05) is 0 Å². The Morgan fingerprint density at radius 1 is 1.23 bits per heavy atom. The fourth-order valence-corrected chi connectivity index (χ4v) is 5.51. The maximum atomic E-state index is 12.2. The van der Waals surface area contributed by atoms with Gasteiger partial charge in [0.1, 0.15) is 0 Å². The number of thioether (sulfide) groups is 1. The summed E-state index contributed by atoms with van der Waals surface area (Å²) in [7, 11) is -0.795. The quantitative estimate of drug-likeness (QED) is 0.711. The summed E-state index contributed by atoms with van der Waals surface area (Å²) in [5.74, 6) is -0.117. The number of carbonyl (C=O) groups is 3. The molecule has 0 saturated heterocycles. The second-order valence-corrected chi connectivity index (χ2v) is 7.43. The van der Waals surface area contributed by atoms with Gasteiger partial charge in [0, 0.05) is 21.8 Å². The topological polar surface area (TPSA) is 69.7 Å². The lowest BCUT2D eigenvalue weighted by atomic mass is 9.98. The van der Waals surface area contributed by atoms with E-state index in [-0.39, 0.29) is 22.8 Å². The molecule has 5 nitrogen and oxygen atoms in total. The number of allylic oxidation sites excluding steroid dienone is 2. The van der Waals surface area contributed by atoms with Crippen LogP contribution < -0.4 is 0 Å². The van der Waals surface area contributed by atoms with Gasteiger partial charge in [-0.05, 0) is 43.0 Å². The summed E-state index contributed by atoms with van der Waals surface area (Å²) >= 11 is 1.27. The first-order valence-corrected chi connectivity index (χ1v) is 9.52. The number of ketones is 1. The van der Waals surface area contributed by atoms with Crippen LogP contribution in [0.15, 0.2) is 20.8 Å². The second-order valence-electron chi connectivity index (χ2n) is 4.67. The van der Waals surface area contributed by atoms with Crippen LogP contribution in [0.2, 0.25) is 0 Å². The summed E-state index contributed by atoms with van der Waals surface area (Å²) < 4.78 is 10.0. The van der Waals surface area contributed by atoms with Crippen LogP contribution in [0.5, 0.6) is 0 Å². The third-order valence-corrected chi connectivity index (χ3v) is 6.24. The molecule has 0 spiro atoms. The molecule has 0 amide bonds. The van der Waals surface area contributed by atoms with Gasteiger partial charge in [-0.1, -0.05) is 0 Å². The van der Waals surface area contributed by atoms with Gasteiger partial charge in [-0.2, -0.15) is 0 Å². The molecule has 1 heterocycles. The molecule has 0 aromatic heterocycles. The summed E-state index contributed by atoms with van der Waals surface area (Å²) in [6, 6.07) is 0. The highest BCUT2D eigenvalue weighted by Crippen LogP contribution is 2.55. The molecule has 0 N–H and O–H groups in total. The Morgan fingerprint density at radius 2 is 1.95 bits per heavy atom. The maximum absolute atomic E-state index is 12.2. The Labute approximate surface area is 136 Å². The standard InChI is InChI=1S/C15H19O5S2/c1-3-19-13(17)8-21-11-9-22(15(18)20-4-2)12-7-5-6-10(16)14(11)12/h9H,3-8H2,1-2H3. The van der Waals surface area contributed by atoms with Crippen LogP contribution in [0.3, 0.4) is 0 Å². The van der Waals surface area contributed by atoms with Gasteiger partial charge >= 0.3 is 11.3 Å². The third kappa shape index (κ3) is 3.76. The van der Waals surface area contributed by atoms with Gasteiger partial charge in [-0.15, -0.1) is 11.8 Å². The van der Waals surface area contributed by atoms with Gasteiger partial charge in [-0.25, -0.2) is 4.79 Å². The minimum atomic E-state index is -0.795. The van der Waals surface area contributed by atoms with Gasteiger partial charge in [-0.3, -0.25) is 9.59 Å². The summed E-state index contributed by atoms with van der Waals surface area (Å²) in [5.41, 5.74) is 0.636. The highest BCUT2D eigenvalue weighted by Gasteiger charge is 2.36. The molecule has 0 atom stereocenters. The van der Waals surface area contributed by atoms with Crippen molar-refractivity contribution in [3.63, 3.8) is 0 Å². The smallest absolute Gasteiger partial charge is 0.365 e. The van der Waals surface area contributed by atoms with Gasteiger partial charge in [0.2, 0.25) is 0 Å². The zero-order valence-electron chi connectivity index (χ0n) is 12.7. The predicted octanol–water partition coefficient (Wildman–Crippen LogP) is 3.57. The first-order chi connectivity index (χ1) is 10.6. The van der Waals surface area contributed by atoms with E-state index in [0.717, 1.165) is 22.7 Å². The van der Waals surface area contributed by atoms with E-state index in [9.17, 15) is 14.4 Å². The minimum absolute atomic E-state index is 0.0585. The monoisotopic (exact) mass is 343 g/mol. The lowest BCUT2D eigenvalue weighted by molar-refractivity contribution is -0.139. The van der Waals surface area contributed by atoms with Crippen LogP contribution in [0.25, 0.3) is 0 Å². The molecular formula is C15H19O5S2. The minimum Gasteiger partial charge on any atom is -0.465 e. The molecule has 1 radical (unpaired) electrons. The van der Waals surface area contributed by atoms with Crippen molar-refractivity contribution >= 4 is 39.7 Å². The zero-order valence-corrected chi connectivity index (χ0v) is 14.3. The Morgan fingerprint density at radius 3 is 2.64 bits per heavy atom. The Balaban J connectivity index is 2.18. The van der Waals surface area contributed by atoms with Crippen LogP contribution >= 0.6 is 22.7 Å². The highest BCUT2D eigenvalue weighted by atomic mass is 32.2. The van der Waals surface area contributed by atoms with Gasteiger partial charge in [0.15, 0.2) is 5.78 Å². The molecule has 0 fully saturated rings. The number of ether oxygens (including phenoxy) is 2. The van der Waals surface area contributed by atoms with Crippen LogP contribution in [-0.4, -0.2) is 36.0 Å². The van der Waals surface area contributed by atoms with Crippen molar-refractivity contribution in [3.8, 4) is 0 Å². The highest BCUT2D eigenvalue weighted by molar-refractivity contribution is 8.35. The van der Waals surface area contributed by atoms with Crippen molar-refractivity contribution in [2.45, 2.75) is 33.1 Å². The van der Waals surface area contributed by atoms with E-state index in [4.69, 9.17) is 9.47 Å². The zero-order chi connectivity index (χ0) is 16.1. The van der Waals surface area contributed by atoms with Gasteiger partial charge < -0.3 is 9.47 Å². The summed E-state index contributed by atoms with van der Waals surface area (Å²) in [5, 5.41) is 1.49. The van der Waals surface area contributed by atoms with E-state index in [1.54, 1.807) is 19.3 Å². The van der Waals surface area contributed by atoms with E-state index in [2.05, 4.69) is 0 Å². The number of hydrogen-bond donors (Lipinski definition) is 0. The van der Waals surface area contributed by atoms with Crippen molar-refractivity contribution in [2.75, 3.05) is 19.0 Å². The van der Waals surface area contributed by atoms with Crippen molar-refractivity contribution in [3.05, 3.63) is 20.8 Å². The van der Waals surface area contributed by atoms with Crippen LogP contribution in [0.4, 0.5) is 4.79 Å². The van der Waals surface area contributed by atoms with Crippen molar-refractivity contribution in [2.24, 2.45) is 0 Å². The van der Waals surface area contributed by atoms with E-state index >= 15 is 0 Å². The average Bonchev–Trinajstić information content (AvgIpc) is 2.86. The largest absolute Gasteiger partial charge is 0.465 e. The Kier molecular flexibility index (Phi) is 6.14. The molecule has 2 aliphatic rings. The number of carbonyl (C=O) groups excluding carboxylic acids is 3. The maximum Gasteiger partial charge on any atom is 0.365 e. The first-order valence-electron chi connectivity index (χ1n) is 7.25. The van der Waals surface area contributed by atoms with Crippen LogP contribution in [0.1, 0.15) is 33.1 Å².